The van der Waals surface area contributed by atoms with Gasteiger partial charge in [0, 0.05) is 5.56 Å². The van der Waals surface area contributed by atoms with Crippen LogP contribution in [0.3, 0.4) is 0 Å². The zero-order valence-corrected chi connectivity index (χ0v) is 15.4. The van der Waals surface area contributed by atoms with E-state index < -0.39 is 0 Å². The predicted molar refractivity (Wildman–Crippen MR) is 120 cm³/mol. The molecule has 0 atom stereocenters. The lowest BCUT2D eigenvalue weighted by Crippen LogP contribution is -1.92. The molecule has 0 aliphatic carbocycles. The van der Waals surface area contributed by atoms with Gasteiger partial charge in [0.15, 0.2) is 0 Å². The maximum absolute atomic E-state index is 5.94. The third-order valence-corrected chi connectivity index (χ3v) is 5.36. The Balaban J connectivity index is 1.98. The van der Waals surface area contributed by atoms with Gasteiger partial charge in [0.2, 0.25) is 0 Å². The molecule has 0 unspecified atom stereocenters. The van der Waals surface area contributed by atoms with E-state index in [0.717, 1.165) is 16.3 Å². The minimum absolute atomic E-state index is 0.965. The van der Waals surface area contributed by atoms with E-state index in [-0.39, 0.29) is 0 Å². The normalized spacial score (nSPS) is 10.8. The van der Waals surface area contributed by atoms with E-state index in [1.165, 1.54) is 33.0 Å². The van der Waals surface area contributed by atoms with Crippen LogP contribution in [0.5, 0.6) is 0 Å². The Hall–Kier alpha value is -3.82. The SMILES string of the molecule is C#Cc1c2ccccc2c(-c2ccccc2-c2ccccc2)c2ccccc12. The average molecular weight is 354 g/mol. The topological polar surface area (TPSA) is 0 Å². The molecular formula is C28H18. The summed E-state index contributed by atoms with van der Waals surface area (Å²) >= 11 is 0. The van der Waals surface area contributed by atoms with E-state index in [1.54, 1.807) is 0 Å². The Morgan fingerprint density at radius 3 is 1.50 bits per heavy atom. The smallest absolute Gasteiger partial charge is 0.0399 e. The average Bonchev–Trinajstić information content (AvgIpc) is 2.78. The molecule has 0 fully saturated rings. The van der Waals surface area contributed by atoms with Gasteiger partial charge in [-0.1, -0.05) is 109 Å². The zero-order chi connectivity index (χ0) is 18.9. The molecule has 0 aliphatic rings. The summed E-state index contributed by atoms with van der Waals surface area (Å²) in [7, 11) is 0. The van der Waals surface area contributed by atoms with Crippen molar-refractivity contribution in [2.45, 2.75) is 0 Å². The van der Waals surface area contributed by atoms with E-state index in [2.05, 4.69) is 109 Å². The summed E-state index contributed by atoms with van der Waals surface area (Å²) in [4.78, 5) is 0. The molecule has 0 aromatic heterocycles. The van der Waals surface area contributed by atoms with Crippen molar-refractivity contribution in [2.75, 3.05) is 0 Å². The van der Waals surface area contributed by atoms with Crippen LogP contribution in [0.25, 0.3) is 43.8 Å². The maximum Gasteiger partial charge on any atom is 0.0399 e. The molecule has 0 nitrogen and oxygen atoms in total. The van der Waals surface area contributed by atoms with Crippen molar-refractivity contribution in [3.63, 3.8) is 0 Å². The molecule has 5 rings (SSSR count). The second kappa shape index (κ2) is 6.72. The number of benzene rings is 5. The molecule has 0 heterocycles. The summed E-state index contributed by atoms with van der Waals surface area (Å²) in [5, 5.41) is 4.64. The quantitative estimate of drug-likeness (QED) is 0.230. The Labute approximate surface area is 165 Å². The van der Waals surface area contributed by atoms with Crippen LogP contribution >= 0.6 is 0 Å². The minimum atomic E-state index is 0.965. The number of rotatable bonds is 2. The molecule has 0 saturated carbocycles. The van der Waals surface area contributed by atoms with Gasteiger partial charge in [-0.2, -0.15) is 0 Å². The van der Waals surface area contributed by atoms with Gasteiger partial charge in [0.25, 0.3) is 0 Å². The highest BCUT2D eigenvalue weighted by molar-refractivity contribution is 6.17. The Bertz CT molecular complexity index is 1290. The second-order valence-corrected chi connectivity index (χ2v) is 6.90. The highest BCUT2D eigenvalue weighted by Crippen LogP contribution is 2.42. The first-order chi connectivity index (χ1) is 13.9. The number of hydrogen-bond donors (Lipinski definition) is 0. The summed E-state index contributed by atoms with van der Waals surface area (Å²) < 4.78 is 0. The van der Waals surface area contributed by atoms with Crippen LogP contribution in [0.2, 0.25) is 0 Å². The molecule has 5 aromatic carbocycles. The number of terminal acetylenes is 1. The first-order valence-corrected chi connectivity index (χ1v) is 9.43. The van der Waals surface area contributed by atoms with E-state index in [9.17, 15) is 0 Å². The van der Waals surface area contributed by atoms with Gasteiger partial charge in [-0.3, -0.25) is 0 Å². The lowest BCUT2D eigenvalue weighted by Gasteiger charge is -2.17. The zero-order valence-electron chi connectivity index (χ0n) is 15.4. The van der Waals surface area contributed by atoms with Crippen LogP contribution in [-0.2, 0) is 0 Å². The fourth-order valence-corrected chi connectivity index (χ4v) is 4.14. The largest absolute Gasteiger partial charge is 0.115 e. The second-order valence-electron chi connectivity index (χ2n) is 6.90. The summed E-state index contributed by atoms with van der Waals surface area (Å²) in [6.45, 7) is 0. The van der Waals surface area contributed by atoms with Crippen LogP contribution in [0, 0.1) is 12.3 Å². The molecule has 28 heavy (non-hydrogen) atoms. The standard InChI is InChI=1S/C28H18/c1-2-21-23-15-7-10-18-26(23)28(27-19-11-8-16-24(21)27)25-17-9-6-14-22(25)20-12-4-3-5-13-20/h1,3-19H. The predicted octanol–water partition coefficient (Wildman–Crippen LogP) is 7.31. The van der Waals surface area contributed by atoms with Crippen molar-refractivity contribution in [1.29, 1.82) is 0 Å². The van der Waals surface area contributed by atoms with E-state index in [0.29, 0.717) is 0 Å². The van der Waals surface area contributed by atoms with Crippen LogP contribution in [0.1, 0.15) is 5.56 Å². The molecule has 0 aliphatic heterocycles. The molecule has 0 amide bonds. The summed E-state index contributed by atoms with van der Waals surface area (Å²) in [5.41, 5.74) is 5.88. The summed E-state index contributed by atoms with van der Waals surface area (Å²) in [6, 6.07) is 36.1. The molecular weight excluding hydrogens is 336 g/mol. The van der Waals surface area contributed by atoms with Gasteiger partial charge >= 0.3 is 0 Å². The molecule has 130 valence electrons. The Morgan fingerprint density at radius 1 is 0.464 bits per heavy atom. The van der Waals surface area contributed by atoms with E-state index >= 15 is 0 Å². The third kappa shape index (κ3) is 2.49. The van der Waals surface area contributed by atoms with Crippen molar-refractivity contribution in [3.05, 3.63) is 109 Å². The van der Waals surface area contributed by atoms with Crippen molar-refractivity contribution >= 4 is 21.5 Å². The van der Waals surface area contributed by atoms with E-state index in [1.807, 2.05) is 0 Å². The van der Waals surface area contributed by atoms with Gasteiger partial charge in [-0.05, 0) is 43.8 Å². The van der Waals surface area contributed by atoms with Crippen molar-refractivity contribution < 1.29 is 0 Å². The highest BCUT2D eigenvalue weighted by atomic mass is 14.2. The lowest BCUT2D eigenvalue weighted by molar-refractivity contribution is 1.61. The fraction of sp³-hybridized carbons (Fsp3) is 0. The lowest BCUT2D eigenvalue weighted by atomic mass is 9.85. The molecule has 0 radical (unpaired) electrons. The van der Waals surface area contributed by atoms with Gasteiger partial charge < -0.3 is 0 Å². The molecule has 0 bridgehead atoms. The molecule has 0 spiro atoms. The Kier molecular flexibility index (Phi) is 3.93. The van der Waals surface area contributed by atoms with Gasteiger partial charge in [0.05, 0.1) is 0 Å². The maximum atomic E-state index is 5.94. The van der Waals surface area contributed by atoms with Crippen molar-refractivity contribution in [1.82, 2.24) is 0 Å². The Morgan fingerprint density at radius 2 is 0.929 bits per heavy atom. The summed E-state index contributed by atoms with van der Waals surface area (Å²) in [6.07, 6.45) is 5.94. The first-order valence-electron chi connectivity index (χ1n) is 9.43. The third-order valence-electron chi connectivity index (χ3n) is 5.36. The van der Waals surface area contributed by atoms with Crippen LogP contribution in [0.15, 0.2) is 103 Å². The molecule has 5 aromatic rings. The van der Waals surface area contributed by atoms with Crippen LogP contribution in [-0.4, -0.2) is 0 Å². The summed E-state index contributed by atoms with van der Waals surface area (Å²) in [5.74, 6) is 2.94. The molecule has 0 heteroatoms. The van der Waals surface area contributed by atoms with Crippen molar-refractivity contribution in [3.8, 4) is 34.6 Å². The fourth-order valence-electron chi connectivity index (χ4n) is 4.14. The number of hydrogen-bond acceptors (Lipinski definition) is 0. The van der Waals surface area contributed by atoms with Crippen LogP contribution < -0.4 is 0 Å². The monoisotopic (exact) mass is 354 g/mol. The minimum Gasteiger partial charge on any atom is -0.115 e. The van der Waals surface area contributed by atoms with E-state index in [4.69, 9.17) is 6.42 Å². The van der Waals surface area contributed by atoms with Crippen molar-refractivity contribution in [2.24, 2.45) is 0 Å². The van der Waals surface area contributed by atoms with Gasteiger partial charge in [0.1, 0.15) is 0 Å². The van der Waals surface area contributed by atoms with Crippen LogP contribution in [0.4, 0.5) is 0 Å². The number of fused-ring (bicyclic) bond motifs is 2. The first kappa shape index (κ1) is 16.4. The molecule has 0 N–H and O–H groups in total. The van der Waals surface area contributed by atoms with Gasteiger partial charge in [-0.25, -0.2) is 0 Å². The van der Waals surface area contributed by atoms with Gasteiger partial charge in [-0.15, -0.1) is 6.42 Å². The molecule has 0 saturated heterocycles. The highest BCUT2D eigenvalue weighted by Gasteiger charge is 2.16.